The van der Waals surface area contributed by atoms with Crippen LogP contribution in [-0.2, 0) is 13.1 Å². The van der Waals surface area contributed by atoms with Crippen LogP contribution in [-0.4, -0.2) is 9.97 Å². The Balaban J connectivity index is 1.65. The van der Waals surface area contributed by atoms with Crippen molar-refractivity contribution in [1.82, 2.24) is 9.97 Å². The Morgan fingerprint density at radius 3 is 1.46 bits per heavy atom. The largest absolute Gasteiger partial charge is 0.379 e. The van der Waals surface area contributed by atoms with Crippen LogP contribution in [0.5, 0.6) is 0 Å². The molecule has 0 aliphatic carbocycles. The summed E-state index contributed by atoms with van der Waals surface area (Å²) in [5.41, 5.74) is 8.25. The normalized spacial score (nSPS) is 12.6. The highest BCUT2D eigenvalue weighted by molar-refractivity contribution is 5.77. The van der Waals surface area contributed by atoms with Gasteiger partial charge in [0.05, 0.1) is 35.9 Å². The van der Waals surface area contributed by atoms with Crippen LogP contribution in [0.4, 0.5) is 11.4 Å². The summed E-state index contributed by atoms with van der Waals surface area (Å²) in [4.78, 5) is 9.77. The number of anilines is 2. The van der Waals surface area contributed by atoms with E-state index < -0.39 is 0 Å². The van der Waals surface area contributed by atoms with Crippen molar-refractivity contribution in [3.05, 3.63) is 96.3 Å². The molecule has 0 saturated carbocycles. The second-order valence-corrected chi connectivity index (χ2v) is 6.83. The molecule has 4 aromatic rings. The van der Waals surface area contributed by atoms with Crippen LogP contribution in [0.2, 0.25) is 0 Å². The molecule has 0 fully saturated rings. The Morgan fingerprint density at radius 2 is 0.964 bits per heavy atom. The van der Waals surface area contributed by atoms with E-state index in [4.69, 9.17) is 9.97 Å². The summed E-state index contributed by atoms with van der Waals surface area (Å²) in [6, 6.07) is 28.9. The Bertz CT molecular complexity index is 1050. The predicted molar refractivity (Wildman–Crippen MR) is 114 cm³/mol. The zero-order valence-corrected chi connectivity index (χ0v) is 15.4. The molecular formula is C24H20N4. The Hall–Kier alpha value is -3.66. The standard InChI is InChI=1S/C24H20N4/c1-3-11-21-19(9-1)23-13-5-7-17(27-23)16-26-22-12-4-2-10-20(22)24-14-6-8-18(28-24)15-25-21/h1-14,25-26H,15-16H2. The van der Waals surface area contributed by atoms with Crippen LogP contribution in [0.15, 0.2) is 84.9 Å². The zero-order chi connectivity index (χ0) is 18.8. The third-order valence-corrected chi connectivity index (χ3v) is 4.94. The lowest BCUT2D eigenvalue weighted by Crippen LogP contribution is -2.07. The molecule has 3 heterocycles. The molecule has 4 bridgehead atoms. The van der Waals surface area contributed by atoms with Crippen LogP contribution >= 0.6 is 0 Å². The van der Waals surface area contributed by atoms with E-state index in [-0.39, 0.29) is 0 Å². The molecule has 2 N–H and O–H groups in total. The highest BCUT2D eigenvalue weighted by atomic mass is 14.9. The van der Waals surface area contributed by atoms with E-state index in [0.717, 1.165) is 45.3 Å². The zero-order valence-electron chi connectivity index (χ0n) is 15.4. The minimum atomic E-state index is 0.653. The summed E-state index contributed by atoms with van der Waals surface area (Å²) in [7, 11) is 0. The molecule has 1 aliphatic heterocycles. The van der Waals surface area contributed by atoms with Gasteiger partial charge < -0.3 is 10.6 Å². The van der Waals surface area contributed by atoms with Crippen LogP contribution in [0.3, 0.4) is 0 Å². The highest BCUT2D eigenvalue weighted by Gasteiger charge is 2.11. The maximum Gasteiger partial charge on any atom is 0.0726 e. The molecule has 2 aromatic carbocycles. The number of pyridine rings is 2. The van der Waals surface area contributed by atoms with Crippen molar-refractivity contribution in [1.29, 1.82) is 0 Å². The van der Waals surface area contributed by atoms with Crippen LogP contribution in [0.25, 0.3) is 22.5 Å². The third kappa shape index (κ3) is 3.21. The van der Waals surface area contributed by atoms with Crippen molar-refractivity contribution in [2.75, 3.05) is 10.6 Å². The molecule has 2 aromatic heterocycles. The molecule has 0 radical (unpaired) electrons. The van der Waals surface area contributed by atoms with Crippen molar-refractivity contribution in [3.8, 4) is 22.5 Å². The van der Waals surface area contributed by atoms with Crippen molar-refractivity contribution in [3.63, 3.8) is 0 Å². The van der Waals surface area contributed by atoms with Crippen molar-refractivity contribution < 1.29 is 0 Å². The average molecular weight is 364 g/mol. The molecule has 0 amide bonds. The van der Waals surface area contributed by atoms with Crippen molar-refractivity contribution in [2.45, 2.75) is 13.1 Å². The summed E-state index contributed by atoms with van der Waals surface area (Å²) in [6.07, 6.45) is 0. The molecule has 0 spiro atoms. The van der Waals surface area contributed by atoms with E-state index in [1.807, 2.05) is 24.3 Å². The topological polar surface area (TPSA) is 49.8 Å². The van der Waals surface area contributed by atoms with Gasteiger partial charge in [-0.25, -0.2) is 0 Å². The summed E-state index contributed by atoms with van der Waals surface area (Å²) in [5.74, 6) is 0. The number of benzene rings is 2. The lowest BCUT2D eigenvalue weighted by Gasteiger charge is -2.16. The van der Waals surface area contributed by atoms with Gasteiger partial charge in [0, 0.05) is 22.5 Å². The number of aromatic nitrogens is 2. The van der Waals surface area contributed by atoms with Crippen molar-refractivity contribution in [2.24, 2.45) is 0 Å². The van der Waals surface area contributed by atoms with E-state index in [1.165, 1.54) is 0 Å². The lowest BCUT2D eigenvalue weighted by atomic mass is 10.1. The molecule has 0 saturated heterocycles. The third-order valence-electron chi connectivity index (χ3n) is 4.94. The summed E-state index contributed by atoms with van der Waals surface area (Å²) in [6.45, 7) is 1.31. The second-order valence-electron chi connectivity index (χ2n) is 6.83. The molecular weight excluding hydrogens is 344 g/mol. The van der Waals surface area contributed by atoms with Gasteiger partial charge in [-0.2, -0.15) is 0 Å². The van der Waals surface area contributed by atoms with Gasteiger partial charge in [-0.05, 0) is 36.4 Å². The number of fused-ring (bicyclic) bond motifs is 8. The fourth-order valence-corrected chi connectivity index (χ4v) is 3.55. The number of para-hydroxylation sites is 2. The van der Waals surface area contributed by atoms with Gasteiger partial charge in [0.1, 0.15) is 0 Å². The first-order valence-electron chi connectivity index (χ1n) is 9.45. The maximum atomic E-state index is 4.89. The fraction of sp³-hybridized carbons (Fsp3) is 0.0833. The number of hydrogen-bond donors (Lipinski definition) is 2. The molecule has 136 valence electrons. The Labute approximate surface area is 164 Å². The Kier molecular flexibility index (Phi) is 4.22. The number of rotatable bonds is 0. The van der Waals surface area contributed by atoms with Gasteiger partial charge in [0.25, 0.3) is 0 Å². The molecule has 28 heavy (non-hydrogen) atoms. The van der Waals surface area contributed by atoms with Gasteiger partial charge in [0.15, 0.2) is 0 Å². The van der Waals surface area contributed by atoms with E-state index in [0.29, 0.717) is 13.1 Å². The maximum absolute atomic E-state index is 4.89. The van der Waals surface area contributed by atoms with Gasteiger partial charge in [-0.3, -0.25) is 9.97 Å². The SMILES string of the molecule is c1cc2nc(c1)-c1ccccc1NCc1cccc(n1)-c1ccccc1NC2. The van der Waals surface area contributed by atoms with Crippen LogP contribution in [0.1, 0.15) is 11.4 Å². The first-order valence-corrected chi connectivity index (χ1v) is 9.45. The van der Waals surface area contributed by atoms with Crippen LogP contribution in [0, 0.1) is 0 Å². The van der Waals surface area contributed by atoms with E-state index in [1.54, 1.807) is 0 Å². The molecule has 5 rings (SSSR count). The van der Waals surface area contributed by atoms with E-state index in [9.17, 15) is 0 Å². The highest BCUT2D eigenvalue weighted by Crippen LogP contribution is 2.29. The first kappa shape index (κ1) is 16.5. The Morgan fingerprint density at radius 1 is 0.500 bits per heavy atom. The molecule has 0 atom stereocenters. The monoisotopic (exact) mass is 364 g/mol. The molecule has 1 aliphatic rings. The lowest BCUT2D eigenvalue weighted by molar-refractivity contribution is 1.03. The smallest absolute Gasteiger partial charge is 0.0726 e. The number of hydrogen-bond acceptors (Lipinski definition) is 4. The quantitative estimate of drug-likeness (QED) is 0.442. The number of nitrogens with zero attached hydrogens (tertiary/aromatic N) is 2. The van der Waals surface area contributed by atoms with E-state index >= 15 is 0 Å². The molecule has 4 heteroatoms. The fourth-order valence-electron chi connectivity index (χ4n) is 3.55. The summed E-state index contributed by atoms with van der Waals surface area (Å²) < 4.78 is 0. The average Bonchev–Trinajstić information content (AvgIpc) is 2.77. The van der Waals surface area contributed by atoms with Gasteiger partial charge in [-0.1, -0.05) is 48.5 Å². The summed E-state index contributed by atoms with van der Waals surface area (Å²) in [5, 5.41) is 7.08. The van der Waals surface area contributed by atoms with Gasteiger partial charge in [0.2, 0.25) is 0 Å². The minimum absolute atomic E-state index is 0.653. The summed E-state index contributed by atoms with van der Waals surface area (Å²) >= 11 is 0. The van der Waals surface area contributed by atoms with Gasteiger partial charge >= 0.3 is 0 Å². The molecule has 0 unspecified atom stereocenters. The van der Waals surface area contributed by atoms with E-state index in [2.05, 4.69) is 71.3 Å². The predicted octanol–water partition coefficient (Wildman–Crippen LogP) is 5.35. The van der Waals surface area contributed by atoms with Crippen LogP contribution < -0.4 is 10.6 Å². The number of nitrogens with one attached hydrogen (secondary N) is 2. The first-order chi connectivity index (χ1) is 13.9. The minimum Gasteiger partial charge on any atom is -0.379 e. The van der Waals surface area contributed by atoms with Crippen molar-refractivity contribution >= 4 is 11.4 Å². The van der Waals surface area contributed by atoms with Gasteiger partial charge in [-0.15, -0.1) is 0 Å². The molecule has 4 nitrogen and oxygen atoms in total. The second kappa shape index (κ2) is 7.16.